The topological polar surface area (TPSA) is 33.1 Å². The van der Waals surface area contributed by atoms with Gasteiger partial charge in [0.1, 0.15) is 0 Å². The number of nitrogens with zero attached hydrogens (tertiary/aromatic N) is 1. The highest BCUT2D eigenvalue weighted by atomic mass is 35.5. The fraction of sp³-hybridized carbons (Fsp3) is 0.214. The van der Waals surface area contributed by atoms with Gasteiger partial charge in [-0.1, -0.05) is 29.8 Å². The van der Waals surface area contributed by atoms with Crippen LogP contribution in [0.3, 0.4) is 0 Å². The number of benzene rings is 1. The largest absolute Gasteiger partial charge is 0.389 e. The van der Waals surface area contributed by atoms with Crippen LogP contribution in [0.15, 0.2) is 47.6 Å². The van der Waals surface area contributed by atoms with Crippen LogP contribution in [0.25, 0.3) is 0 Å². The zero-order chi connectivity index (χ0) is 13.0. The maximum absolute atomic E-state index is 9.52. The van der Waals surface area contributed by atoms with E-state index < -0.39 is 6.10 Å². The number of halogens is 1. The first-order valence-electron chi connectivity index (χ1n) is 5.67. The summed E-state index contributed by atoms with van der Waals surface area (Å²) < 4.78 is 0. The van der Waals surface area contributed by atoms with Crippen LogP contribution < -0.4 is 0 Å². The number of hydrogen-bond acceptors (Lipinski definition) is 3. The lowest BCUT2D eigenvalue weighted by Crippen LogP contribution is -1.92. The number of hydrogen-bond donors (Lipinski definition) is 1. The molecule has 1 aromatic carbocycles. The van der Waals surface area contributed by atoms with Crippen LogP contribution in [0.4, 0.5) is 0 Å². The van der Waals surface area contributed by atoms with Crippen molar-refractivity contribution >= 4 is 23.4 Å². The van der Waals surface area contributed by atoms with Crippen LogP contribution in [0.1, 0.15) is 24.2 Å². The number of thioether (sulfide) groups is 1. The van der Waals surface area contributed by atoms with Crippen molar-refractivity contribution in [2.75, 3.05) is 0 Å². The highest BCUT2D eigenvalue weighted by Crippen LogP contribution is 2.26. The molecule has 1 unspecified atom stereocenters. The minimum Gasteiger partial charge on any atom is -0.389 e. The molecule has 2 rings (SSSR count). The van der Waals surface area contributed by atoms with E-state index in [4.69, 9.17) is 11.6 Å². The van der Waals surface area contributed by atoms with Gasteiger partial charge in [0.15, 0.2) is 0 Å². The van der Waals surface area contributed by atoms with Crippen molar-refractivity contribution in [1.82, 2.24) is 4.98 Å². The van der Waals surface area contributed by atoms with E-state index >= 15 is 0 Å². The van der Waals surface area contributed by atoms with Gasteiger partial charge in [0.25, 0.3) is 0 Å². The smallest absolute Gasteiger partial charge is 0.0966 e. The maximum atomic E-state index is 9.52. The molecule has 1 aromatic heterocycles. The molecule has 0 radical (unpaired) electrons. The van der Waals surface area contributed by atoms with E-state index in [-0.39, 0.29) is 0 Å². The van der Waals surface area contributed by atoms with Crippen LogP contribution in [-0.4, -0.2) is 10.1 Å². The fourth-order valence-corrected chi connectivity index (χ4v) is 2.72. The van der Waals surface area contributed by atoms with Gasteiger partial charge in [-0.2, -0.15) is 0 Å². The second kappa shape index (κ2) is 6.23. The summed E-state index contributed by atoms with van der Waals surface area (Å²) in [6, 6.07) is 11.5. The van der Waals surface area contributed by atoms with Crippen molar-refractivity contribution in [2.45, 2.75) is 23.8 Å². The van der Waals surface area contributed by atoms with E-state index in [9.17, 15) is 5.11 Å². The normalized spacial score (nSPS) is 12.4. The van der Waals surface area contributed by atoms with Gasteiger partial charge in [-0.25, -0.2) is 4.98 Å². The average molecular weight is 280 g/mol. The van der Waals surface area contributed by atoms with Crippen molar-refractivity contribution in [2.24, 2.45) is 0 Å². The molecule has 0 aliphatic rings. The summed E-state index contributed by atoms with van der Waals surface area (Å²) in [7, 11) is 0. The van der Waals surface area contributed by atoms with E-state index in [1.165, 1.54) is 0 Å². The van der Waals surface area contributed by atoms with E-state index in [0.29, 0.717) is 0 Å². The Morgan fingerprint density at radius 3 is 2.83 bits per heavy atom. The zero-order valence-electron chi connectivity index (χ0n) is 10.0. The predicted octanol–water partition coefficient (Wildman–Crippen LogP) is 4.08. The lowest BCUT2D eigenvalue weighted by Gasteiger charge is -2.07. The van der Waals surface area contributed by atoms with E-state index in [0.717, 1.165) is 26.9 Å². The Balaban J connectivity index is 2.07. The standard InChI is InChI=1S/C14H14ClNOS/c1-10(17)11-6-7-16-14(8-11)18-9-12-4-2-3-5-13(12)15/h2-8,10,17H,9H2,1H3. The SMILES string of the molecule is CC(O)c1ccnc(SCc2ccccc2Cl)c1. The van der Waals surface area contributed by atoms with E-state index in [1.807, 2.05) is 36.4 Å². The number of aliphatic hydroxyl groups excluding tert-OH is 1. The van der Waals surface area contributed by atoms with Crippen molar-refractivity contribution < 1.29 is 5.11 Å². The second-order valence-electron chi connectivity index (χ2n) is 3.98. The number of aliphatic hydroxyl groups is 1. The molecule has 0 saturated carbocycles. The predicted molar refractivity (Wildman–Crippen MR) is 75.9 cm³/mol. The lowest BCUT2D eigenvalue weighted by molar-refractivity contribution is 0.199. The number of aromatic nitrogens is 1. The van der Waals surface area contributed by atoms with Gasteiger partial charge in [-0.15, -0.1) is 11.8 Å². The van der Waals surface area contributed by atoms with Crippen LogP contribution in [0, 0.1) is 0 Å². The summed E-state index contributed by atoms with van der Waals surface area (Å²) in [6.45, 7) is 1.75. The van der Waals surface area contributed by atoms with Gasteiger partial charge >= 0.3 is 0 Å². The highest BCUT2D eigenvalue weighted by molar-refractivity contribution is 7.98. The summed E-state index contributed by atoms with van der Waals surface area (Å²) in [5, 5.41) is 11.2. The fourth-order valence-electron chi connectivity index (χ4n) is 1.53. The van der Waals surface area contributed by atoms with Gasteiger partial charge in [0.2, 0.25) is 0 Å². The third-order valence-corrected chi connectivity index (χ3v) is 3.92. The highest BCUT2D eigenvalue weighted by Gasteiger charge is 2.05. The molecule has 0 bridgehead atoms. The molecule has 1 N–H and O–H groups in total. The molecule has 0 saturated heterocycles. The maximum Gasteiger partial charge on any atom is 0.0966 e. The van der Waals surface area contributed by atoms with E-state index in [1.54, 1.807) is 24.9 Å². The molecule has 0 aliphatic heterocycles. The Kier molecular flexibility index (Phi) is 4.64. The summed E-state index contributed by atoms with van der Waals surface area (Å²) in [4.78, 5) is 4.28. The second-order valence-corrected chi connectivity index (χ2v) is 5.39. The lowest BCUT2D eigenvalue weighted by atomic mass is 10.2. The van der Waals surface area contributed by atoms with Crippen molar-refractivity contribution in [3.05, 3.63) is 58.7 Å². The van der Waals surface area contributed by atoms with Crippen LogP contribution >= 0.6 is 23.4 Å². The Bertz CT molecular complexity index is 531. The molecule has 18 heavy (non-hydrogen) atoms. The Morgan fingerprint density at radius 1 is 1.33 bits per heavy atom. The molecule has 94 valence electrons. The summed E-state index contributed by atoms with van der Waals surface area (Å²) >= 11 is 7.71. The first-order chi connectivity index (χ1) is 8.66. The molecule has 0 fully saturated rings. The third kappa shape index (κ3) is 3.48. The molecule has 0 aliphatic carbocycles. The molecule has 0 amide bonds. The molecule has 1 atom stereocenters. The first-order valence-corrected chi connectivity index (χ1v) is 7.03. The minimum atomic E-state index is -0.465. The van der Waals surface area contributed by atoms with Gasteiger partial charge in [0, 0.05) is 17.0 Å². The first kappa shape index (κ1) is 13.4. The van der Waals surface area contributed by atoms with Crippen LogP contribution in [-0.2, 0) is 5.75 Å². The van der Waals surface area contributed by atoms with Gasteiger partial charge in [-0.05, 0) is 36.2 Å². The van der Waals surface area contributed by atoms with Crippen molar-refractivity contribution in [3.63, 3.8) is 0 Å². The minimum absolute atomic E-state index is 0.465. The molecular weight excluding hydrogens is 266 g/mol. The van der Waals surface area contributed by atoms with Gasteiger partial charge in [-0.3, -0.25) is 0 Å². The summed E-state index contributed by atoms with van der Waals surface area (Å²) in [6.07, 6.45) is 1.25. The number of pyridine rings is 1. The Labute approximate surface area is 116 Å². The number of rotatable bonds is 4. The Morgan fingerprint density at radius 2 is 2.11 bits per heavy atom. The van der Waals surface area contributed by atoms with Crippen molar-refractivity contribution in [1.29, 1.82) is 0 Å². The van der Waals surface area contributed by atoms with E-state index in [2.05, 4.69) is 4.98 Å². The third-order valence-electron chi connectivity index (χ3n) is 2.57. The average Bonchev–Trinajstić information content (AvgIpc) is 2.38. The van der Waals surface area contributed by atoms with Crippen molar-refractivity contribution in [3.8, 4) is 0 Å². The molecule has 2 aromatic rings. The quantitative estimate of drug-likeness (QED) is 0.856. The van der Waals surface area contributed by atoms with Gasteiger partial charge < -0.3 is 5.11 Å². The summed E-state index contributed by atoms with van der Waals surface area (Å²) in [5.74, 6) is 0.774. The molecular formula is C14H14ClNOS. The Hall–Kier alpha value is -1.03. The zero-order valence-corrected chi connectivity index (χ0v) is 11.6. The molecule has 4 heteroatoms. The molecule has 1 heterocycles. The van der Waals surface area contributed by atoms with Crippen LogP contribution in [0.5, 0.6) is 0 Å². The molecule has 2 nitrogen and oxygen atoms in total. The molecule has 0 spiro atoms. The monoisotopic (exact) mass is 279 g/mol. The van der Waals surface area contributed by atoms with Gasteiger partial charge in [0.05, 0.1) is 11.1 Å². The summed E-state index contributed by atoms with van der Waals surface area (Å²) in [5.41, 5.74) is 1.97. The van der Waals surface area contributed by atoms with Crippen LogP contribution in [0.2, 0.25) is 5.02 Å².